The number of rotatable bonds is 4. The summed E-state index contributed by atoms with van der Waals surface area (Å²) >= 11 is 3.41. The minimum atomic E-state index is -0.119. The van der Waals surface area contributed by atoms with E-state index in [-0.39, 0.29) is 17.9 Å². The fraction of sp³-hybridized carbons (Fsp3) is 0.300. The Bertz CT molecular complexity index is 756. The van der Waals surface area contributed by atoms with E-state index in [2.05, 4.69) is 21.2 Å². The molecule has 2 aromatic rings. The van der Waals surface area contributed by atoms with Crippen molar-refractivity contribution in [3.8, 4) is 0 Å². The Morgan fingerprint density at radius 2 is 1.76 bits per heavy atom. The lowest BCUT2D eigenvalue weighted by molar-refractivity contribution is -0.119. The Morgan fingerprint density at radius 3 is 2.40 bits per heavy atom. The third kappa shape index (κ3) is 4.28. The molecule has 0 bridgehead atoms. The second kappa shape index (κ2) is 7.83. The van der Waals surface area contributed by atoms with Gasteiger partial charge in [-0.05, 0) is 61.7 Å². The van der Waals surface area contributed by atoms with Crippen LogP contribution in [0.3, 0.4) is 0 Å². The fourth-order valence-corrected chi connectivity index (χ4v) is 3.25. The average Bonchev–Trinajstić information content (AvgIpc) is 2.63. The molecule has 2 amide bonds. The van der Waals surface area contributed by atoms with Crippen molar-refractivity contribution in [2.45, 2.75) is 32.2 Å². The van der Waals surface area contributed by atoms with Gasteiger partial charge < -0.3 is 10.2 Å². The summed E-state index contributed by atoms with van der Waals surface area (Å²) in [6.45, 7) is 2.72. The van der Waals surface area contributed by atoms with Crippen LogP contribution in [0.2, 0.25) is 0 Å². The Morgan fingerprint density at radius 1 is 1.08 bits per heavy atom. The lowest BCUT2D eigenvalue weighted by atomic mass is 10.1. The summed E-state index contributed by atoms with van der Waals surface area (Å²) in [7, 11) is 0. The molecule has 25 heavy (non-hydrogen) atoms. The van der Waals surface area contributed by atoms with E-state index < -0.39 is 0 Å². The maximum absolute atomic E-state index is 12.4. The fourth-order valence-electron chi connectivity index (χ4n) is 2.99. The van der Waals surface area contributed by atoms with Gasteiger partial charge in [0, 0.05) is 28.7 Å². The quantitative estimate of drug-likeness (QED) is 0.823. The molecule has 1 saturated heterocycles. The molecule has 2 aromatic carbocycles. The first kappa shape index (κ1) is 17.7. The number of hydrogen-bond donors (Lipinski definition) is 1. The Hall–Kier alpha value is -2.14. The number of amides is 2. The van der Waals surface area contributed by atoms with Crippen LogP contribution in [0.15, 0.2) is 53.0 Å². The zero-order valence-electron chi connectivity index (χ0n) is 14.2. The molecule has 1 unspecified atom stereocenters. The van der Waals surface area contributed by atoms with Crippen molar-refractivity contribution in [1.29, 1.82) is 0 Å². The molecule has 1 heterocycles. The van der Waals surface area contributed by atoms with Gasteiger partial charge in [-0.25, -0.2) is 0 Å². The molecule has 1 atom stereocenters. The summed E-state index contributed by atoms with van der Waals surface area (Å²) in [6, 6.07) is 15.1. The van der Waals surface area contributed by atoms with Crippen molar-refractivity contribution in [2.24, 2.45) is 0 Å². The van der Waals surface area contributed by atoms with Crippen molar-refractivity contribution in [3.63, 3.8) is 0 Å². The summed E-state index contributed by atoms with van der Waals surface area (Å²) in [5.74, 6) is 0.0410. The minimum absolute atomic E-state index is 0.0797. The molecule has 1 aliphatic rings. The number of nitrogens with one attached hydrogen (secondary N) is 1. The van der Waals surface area contributed by atoms with E-state index in [1.807, 2.05) is 43.3 Å². The van der Waals surface area contributed by atoms with Gasteiger partial charge in [0.1, 0.15) is 0 Å². The minimum Gasteiger partial charge on any atom is -0.346 e. The maximum atomic E-state index is 12.4. The van der Waals surface area contributed by atoms with Crippen molar-refractivity contribution in [3.05, 3.63) is 64.1 Å². The summed E-state index contributed by atoms with van der Waals surface area (Å²) < 4.78 is 1.01. The lowest BCUT2D eigenvalue weighted by Gasteiger charge is -2.26. The van der Waals surface area contributed by atoms with E-state index in [1.165, 1.54) is 0 Å². The number of halogens is 1. The van der Waals surface area contributed by atoms with E-state index >= 15 is 0 Å². The number of hydrogen-bond acceptors (Lipinski definition) is 2. The third-order valence-electron chi connectivity index (χ3n) is 4.48. The number of anilines is 1. The number of benzene rings is 2. The van der Waals surface area contributed by atoms with E-state index in [4.69, 9.17) is 0 Å². The van der Waals surface area contributed by atoms with Crippen LogP contribution in [-0.2, 0) is 4.79 Å². The molecule has 0 spiro atoms. The topological polar surface area (TPSA) is 49.4 Å². The van der Waals surface area contributed by atoms with Crippen molar-refractivity contribution in [1.82, 2.24) is 5.32 Å². The monoisotopic (exact) mass is 400 g/mol. The van der Waals surface area contributed by atoms with Crippen LogP contribution in [0, 0.1) is 0 Å². The van der Waals surface area contributed by atoms with Gasteiger partial charge >= 0.3 is 0 Å². The van der Waals surface area contributed by atoms with Crippen LogP contribution >= 0.6 is 15.9 Å². The van der Waals surface area contributed by atoms with Gasteiger partial charge in [0.25, 0.3) is 5.91 Å². The summed E-state index contributed by atoms with van der Waals surface area (Å²) in [5.41, 5.74) is 2.51. The van der Waals surface area contributed by atoms with Crippen molar-refractivity contribution in [2.75, 3.05) is 11.4 Å². The highest BCUT2D eigenvalue weighted by Crippen LogP contribution is 2.22. The number of carbonyl (C=O) groups is 2. The van der Waals surface area contributed by atoms with Gasteiger partial charge in [-0.1, -0.05) is 28.1 Å². The molecule has 0 saturated carbocycles. The first-order chi connectivity index (χ1) is 12.0. The molecule has 0 radical (unpaired) electrons. The van der Waals surface area contributed by atoms with Crippen LogP contribution in [-0.4, -0.2) is 18.4 Å². The third-order valence-corrected chi connectivity index (χ3v) is 5.01. The Balaban J connectivity index is 1.66. The van der Waals surface area contributed by atoms with Gasteiger partial charge in [0.15, 0.2) is 0 Å². The lowest BCUT2D eigenvalue weighted by Crippen LogP contribution is -2.35. The standard InChI is InChI=1S/C20H21BrN2O2/c1-14(15-5-9-17(21)10-6-15)22-20(25)16-7-11-18(12-8-16)23-13-3-2-4-19(23)24/h5-12,14H,2-4,13H2,1H3,(H,22,25). The first-order valence-electron chi connectivity index (χ1n) is 8.51. The smallest absolute Gasteiger partial charge is 0.251 e. The number of nitrogens with zero attached hydrogens (tertiary/aromatic N) is 1. The number of carbonyl (C=O) groups excluding carboxylic acids is 2. The van der Waals surface area contributed by atoms with Gasteiger partial charge in [-0.3, -0.25) is 9.59 Å². The molecule has 1 fully saturated rings. The van der Waals surface area contributed by atoms with Gasteiger partial charge in [-0.15, -0.1) is 0 Å². The second-order valence-corrected chi connectivity index (χ2v) is 7.21. The predicted molar refractivity (Wildman–Crippen MR) is 103 cm³/mol. The van der Waals surface area contributed by atoms with E-state index in [9.17, 15) is 9.59 Å². The zero-order chi connectivity index (χ0) is 17.8. The summed E-state index contributed by atoms with van der Waals surface area (Å²) in [5, 5.41) is 3.00. The molecule has 0 aromatic heterocycles. The molecule has 0 aliphatic carbocycles. The van der Waals surface area contributed by atoms with Crippen LogP contribution < -0.4 is 10.2 Å². The van der Waals surface area contributed by atoms with E-state index in [0.29, 0.717) is 12.0 Å². The maximum Gasteiger partial charge on any atom is 0.251 e. The SMILES string of the molecule is CC(NC(=O)c1ccc(N2CCCCC2=O)cc1)c1ccc(Br)cc1. The van der Waals surface area contributed by atoms with Crippen molar-refractivity contribution < 1.29 is 9.59 Å². The van der Waals surface area contributed by atoms with Crippen molar-refractivity contribution >= 4 is 33.4 Å². The number of piperidine rings is 1. The normalized spacial score (nSPS) is 15.8. The second-order valence-electron chi connectivity index (χ2n) is 6.30. The molecule has 5 heteroatoms. The van der Waals surface area contributed by atoms with Gasteiger partial charge in [-0.2, -0.15) is 0 Å². The van der Waals surface area contributed by atoms with Crippen LogP contribution in [0.4, 0.5) is 5.69 Å². The highest BCUT2D eigenvalue weighted by Gasteiger charge is 2.20. The summed E-state index contributed by atoms with van der Waals surface area (Å²) in [6.07, 6.45) is 2.59. The molecule has 4 nitrogen and oxygen atoms in total. The van der Waals surface area contributed by atoms with Gasteiger partial charge in [0.05, 0.1) is 6.04 Å². The summed E-state index contributed by atoms with van der Waals surface area (Å²) in [4.78, 5) is 26.2. The van der Waals surface area contributed by atoms with Crippen LogP contribution in [0.1, 0.15) is 48.1 Å². The molecule has 1 aliphatic heterocycles. The first-order valence-corrected chi connectivity index (χ1v) is 9.30. The Kier molecular flexibility index (Phi) is 5.53. The van der Waals surface area contributed by atoms with Crippen LogP contribution in [0.5, 0.6) is 0 Å². The zero-order valence-corrected chi connectivity index (χ0v) is 15.8. The largest absolute Gasteiger partial charge is 0.346 e. The predicted octanol–water partition coefficient (Wildman–Crippen LogP) is 4.46. The molecular weight excluding hydrogens is 380 g/mol. The molecule has 3 rings (SSSR count). The highest BCUT2D eigenvalue weighted by atomic mass is 79.9. The average molecular weight is 401 g/mol. The van der Waals surface area contributed by atoms with Gasteiger partial charge in [0.2, 0.25) is 5.91 Å². The molecule has 1 N–H and O–H groups in total. The molecule has 130 valence electrons. The Labute approximate surface area is 156 Å². The van der Waals surface area contributed by atoms with E-state index in [0.717, 1.165) is 35.1 Å². The van der Waals surface area contributed by atoms with Crippen LogP contribution in [0.25, 0.3) is 0 Å². The van der Waals surface area contributed by atoms with E-state index in [1.54, 1.807) is 17.0 Å². The molecular formula is C20H21BrN2O2. The highest BCUT2D eigenvalue weighted by molar-refractivity contribution is 9.10.